The Morgan fingerprint density at radius 1 is 1.35 bits per heavy atom. The van der Waals surface area contributed by atoms with Crippen LogP contribution in [0.25, 0.3) is 11.0 Å². The number of carbonyl (C=O) groups is 1. The molecule has 3 rings (SSSR count). The fourth-order valence-corrected chi connectivity index (χ4v) is 2.39. The largest absolute Gasteiger partial charge is 0.378 e. The van der Waals surface area contributed by atoms with E-state index < -0.39 is 17.8 Å². The number of H-pyrrole nitrogens is 1. The van der Waals surface area contributed by atoms with Gasteiger partial charge in [-0.2, -0.15) is 0 Å². The van der Waals surface area contributed by atoms with Crippen molar-refractivity contribution in [2.75, 3.05) is 0 Å². The second-order valence-electron chi connectivity index (χ2n) is 5.02. The standard InChI is InChI=1S/C16H13ClFN3O2/c17-10-4-5-12-13(7-10)21-14(20-12)8-19-16(23)15(22)9-2-1-3-11(18)6-9/h1-7,15,22H,8H2,(H,19,23)(H,20,21)/t15-/m0/s1. The molecule has 5 nitrogen and oxygen atoms in total. The molecule has 0 saturated heterocycles. The molecule has 0 bridgehead atoms. The molecule has 2 aromatic carbocycles. The van der Waals surface area contributed by atoms with E-state index in [-0.39, 0.29) is 12.1 Å². The average Bonchev–Trinajstić information content (AvgIpc) is 2.93. The third-order valence-corrected chi connectivity index (χ3v) is 3.57. The van der Waals surface area contributed by atoms with E-state index in [0.29, 0.717) is 10.8 Å². The first-order valence-electron chi connectivity index (χ1n) is 6.88. The summed E-state index contributed by atoms with van der Waals surface area (Å²) in [5, 5.41) is 13.1. The van der Waals surface area contributed by atoms with Crippen molar-refractivity contribution in [3.8, 4) is 0 Å². The van der Waals surface area contributed by atoms with Crippen LogP contribution in [-0.2, 0) is 11.3 Å². The van der Waals surface area contributed by atoms with Crippen LogP contribution in [0.2, 0.25) is 5.02 Å². The first-order chi connectivity index (χ1) is 11.0. The second kappa shape index (κ2) is 6.36. The van der Waals surface area contributed by atoms with Crippen molar-refractivity contribution in [1.82, 2.24) is 15.3 Å². The zero-order valence-electron chi connectivity index (χ0n) is 11.9. The second-order valence-corrected chi connectivity index (χ2v) is 5.46. The molecule has 23 heavy (non-hydrogen) atoms. The zero-order valence-corrected chi connectivity index (χ0v) is 12.6. The number of aliphatic hydroxyl groups excluding tert-OH is 1. The lowest BCUT2D eigenvalue weighted by Gasteiger charge is -2.10. The molecule has 0 fully saturated rings. The van der Waals surface area contributed by atoms with Crippen molar-refractivity contribution in [2.45, 2.75) is 12.6 Å². The van der Waals surface area contributed by atoms with Crippen molar-refractivity contribution >= 4 is 28.5 Å². The van der Waals surface area contributed by atoms with Crippen molar-refractivity contribution in [2.24, 2.45) is 0 Å². The van der Waals surface area contributed by atoms with Gasteiger partial charge in [0, 0.05) is 5.02 Å². The minimum absolute atomic E-state index is 0.109. The van der Waals surface area contributed by atoms with Gasteiger partial charge < -0.3 is 15.4 Å². The number of imidazole rings is 1. The minimum Gasteiger partial charge on any atom is -0.378 e. The number of hydrogen-bond donors (Lipinski definition) is 3. The molecule has 1 heterocycles. The molecular formula is C16H13ClFN3O2. The predicted molar refractivity (Wildman–Crippen MR) is 84.3 cm³/mol. The summed E-state index contributed by atoms with van der Waals surface area (Å²) >= 11 is 5.90. The highest BCUT2D eigenvalue weighted by Gasteiger charge is 2.18. The molecule has 118 valence electrons. The molecule has 1 aromatic heterocycles. The molecule has 0 aliphatic heterocycles. The first kappa shape index (κ1) is 15.5. The fraction of sp³-hybridized carbons (Fsp3) is 0.125. The Balaban J connectivity index is 1.67. The highest BCUT2D eigenvalue weighted by molar-refractivity contribution is 6.31. The molecule has 3 N–H and O–H groups in total. The van der Waals surface area contributed by atoms with Gasteiger partial charge in [0.2, 0.25) is 0 Å². The summed E-state index contributed by atoms with van der Waals surface area (Å²) in [7, 11) is 0. The van der Waals surface area contributed by atoms with Gasteiger partial charge in [-0.15, -0.1) is 0 Å². The fourth-order valence-electron chi connectivity index (χ4n) is 2.21. The first-order valence-corrected chi connectivity index (χ1v) is 7.26. The Kier molecular flexibility index (Phi) is 4.27. The van der Waals surface area contributed by atoms with Crippen LogP contribution in [0.15, 0.2) is 42.5 Å². The summed E-state index contributed by atoms with van der Waals surface area (Å²) < 4.78 is 13.1. The predicted octanol–water partition coefficient (Wildman–Crippen LogP) is 2.71. The third-order valence-electron chi connectivity index (χ3n) is 3.34. The summed E-state index contributed by atoms with van der Waals surface area (Å²) in [6, 6.07) is 10.5. The molecule has 3 aromatic rings. The van der Waals surface area contributed by atoms with Crippen LogP contribution in [0.3, 0.4) is 0 Å². The summed E-state index contributed by atoms with van der Waals surface area (Å²) in [5.74, 6) is -0.611. The quantitative estimate of drug-likeness (QED) is 0.687. The highest BCUT2D eigenvalue weighted by atomic mass is 35.5. The van der Waals surface area contributed by atoms with Crippen molar-refractivity contribution in [3.63, 3.8) is 0 Å². The van der Waals surface area contributed by atoms with E-state index in [1.807, 2.05) is 0 Å². The normalized spacial score (nSPS) is 12.3. The van der Waals surface area contributed by atoms with Crippen LogP contribution in [0.5, 0.6) is 0 Å². The maximum atomic E-state index is 13.1. The molecule has 1 amide bonds. The van der Waals surface area contributed by atoms with Gasteiger partial charge in [0.25, 0.3) is 5.91 Å². The molecule has 0 saturated carbocycles. The van der Waals surface area contributed by atoms with Crippen molar-refractivity contribution < 1.29 is 14.3 Å². The van der Waals surface area contributed by atoms with Gasteiger partial charge in [-0.25, -0.2) is 9.37 Å². The van der Waals surface area contributed by atoms with E-state index in [2.05, 4.69) is 15.3 Å². The number of carbonyl (C=O) groups excluding carboxylic acids is 1. The number of hydrogen-bond acceptors (Lipinski definition) is 3. The lowest BCUT2D eigenvalue weighted by molar-refractivity contribution is -0.129. The Morgan fingerprint density at radius 2 is 2.17 bits per heavy atom. The van der Waals surface area contributed by atoms with E-state index in [1.165, 1.54) is 18.2 Å². The molecule has 1 atom stereocenters. The zero-order chi connectivity index (χ0) is 16.4. The Morgan fingerprint density at radius 3 is 2.96 bits per heavy atom. The average molecular weight is 334 g/mol. The maximum Gasteiger partial charge on any atom is 0.253 e. The Hall–Kier alpha value is -2.44. The van der Waals surface area contributed by atoms with E-state index >= 15 is 0 Å². The van der Waals surface area contributed by atoms with E-state index in [1.54, 1.807) is 18.2 Å². The van der Waals surface area contributed by atoms with E-state index in [4.69, 9.17) is 11.6 Å². The number of aliphatic hydroxyl groups is 1. The summed E-state index contributed by atoms with van der Waals surface area (Å²) in [6.07, 6.45) is -1.44. The number of aromatic nitrogens is 2. The summed E-state index contributed by atoms with van der Waals surface area (Å²) in [5.41, 5.74) is 1.68. The third kappa shape index (κ3) is 3.49. The molecule has 0 unspecified atom stereocenters. The summed E-state index contributed by atoms with van der Waals surface area (Å²) in [4.78, 5) is 19.3. The SMILES string of the molecule is O=C(NCc1nc2ccc(Cl)cc2[nH]1)[C@@H](O)c1cccc(F)c1. The number of fused-ring (bicyclic) bond motifs is 1. The van der Waals surface area contributed by atoms with Crippen LogP contribution in [0.1, 0.15) is 17.5 Å². The van der Waals surface area contributed by atoms with Gasteiger partial charge in [0.1, 0.15) is 11.6 Å². The number of nitrogens with zero attached hydrogens (tertiary/aromatic N) is 1. The molecule has 0 aliphatic rings. The lowest BCUT2D eigenvalue weighted by Crippen LogP contribution is -2.29. The van der Waals surface area contributed by atoms with Gasteiger partial charge in [-0.05, 0) is 35.9 Å². The number of benzene rings is 2. The molecular weight excluding hydrogens is 321 g/mol. The Labute approximate surface area is 136 Å². The van der Waals surface area contributed by atoms with Crippen LogP contribution in [0, 0.1) is 5.82 Å². The van der Waals surface area contributed by atoms with Gasteiger partial charge in [0.15, 0.2) is 6.10 Å². The Bertz CT molecular complexity index is 865. The van der Waals surface area contributed by atoms with Gasteiger partial charge in [0.05, 0.1) is 17.6 Å². The lowest BCUT2D eigenvalue weighted by atomic mass is 10.1. The number of halogens is 2. The van der Waals surface area contributed by atoms with Gasteiger partial charge in [-0.1, -0.05) is 23.7 Å². The van der Waals surface area contributed by atoms with E-state index in [0.717, 1.165) is 17.1 Å². The molecule has 0 aliphatic carbocycles. The van der Waals surface area contributed by atoms with Gasteiger partial charge >= 0.3 is 0 Å². The molecule has 0 radical (unpaired) electrons. The van der Waals surface area contributed by atoms with Crippen LogP contribution < -0.4 is 5.32 Å². The number of amides is 1. The number of nitrogens with one attached hydrogen (secondary N) is 2. The smallest absolute Gasteiger partial charge is 0.253 e. The van der Waals surface area contributed by atoms with Crippen LogP contribution in [-0.4, -0.2) is 21.0 Å². The van der Waals surface area contributed by atoms with E-state index in [9.17, 15) is 14.3 Å². The number of aromatic amines is 1. The topological polar surface area (TPSA) is 78.0 Å². The molecule has 7 heteroatoms. The van der Waals surface area contributed by atoms with Crippen molar-refractivity contribution in [3.05, 3.63) is 64.7 Å². The summed E-state index contributed by atoms with van der Waals surface area (Å²) in [6.45, 7) is 0.109. The maximum absolute atomic E-state index is 13.1. The van der Waals surface area contributed by atoms with Gasteiger partial charge in [-0.3, -0.25) is 4.79 Å². The highest BCUT2D eigenvalue weighted by Crippen LogP contribution is 2.17. The van der Waals surface area contributed by atoms with Crippen LogP contribution in [0.4, 0.5) is 4.39 Å². The molecule has 0 spiro atoms. The number of rotatable bonds is 4. The minimum atomic E-state index is -1.44. The van der Waals surface area contributed by atoms with Crippen molar-refractivity contribution in [1.29, 1.82) is 0 Å². The van der Waals surface area contributed by atoms with Crippen LogP contribution >= 0.6 is 11.6 Å². The monoisotopic (exact) mass is 333 g/mol.